The second-order valence-corrected chi connectivity index (χ2v) is 8.00. The van der Waals surface area contributed by atoms with Gasteiger partial charge in [-0.3, -0.25) is 4.79 Å². The van der Waals surface area contributed by atoms with E-state index in [1.807, 2.05) is 30.3 Å². The number of amides is 1. The van der Waals surface area contributed by atoms with E-state index in [2.05, 4.69) is 5.32 Å². The van der Waals surface area contributed by atoms with Gasteiger partial charge in [0.1, 0.15) is 0 Å². The Balaban J connectivity index is 1.60. The number of fused-ring (bicyclic) bond motifs is 1. The van der Waals surface area contributed by atoms with Gasteiger partial charge in [0.25, 0.3) is 5.91 Å². The Hall–Kier alpha value is -2.41. The molecule has 1 unspecified atom stereocenters. The van der Waals surface area contributed by atoms with Crippen LogP contribution in [0.15, 0.2) is 42.5 Å². The monoisotopic (exact) mass is 347 g/mol. The molecule has 2 aromatic rings. The summed E-state index contributed by atoms with van der Waals surface area (Å²) < 4.78 is 27.8. The summed E-state index contributed by atoms with van der Waals surface area (Å²) in [7, 11) is -3.06. The summed E-state index contributed by atoms with van der Waals surface area (Å²) in [6, 6.07) is 12.3. The number of ether oxygens (including phenoxy) is 1. The van der Waals surface area contributed by atoms with Crippen molar-refractivity contribution in [3.05, 3.63) is 48.0 Å². The lowest BCUT2D eigenvalue weighted by Gasteiger charge is -2.11. The minimum Gasteiger partial charge on any atom is -0.452 e. The number of benzene rings is 2. The van der Waals surface area contributed by atoms with Gasteiger partial charge in [-0.25, -0.2) is 13.2 Å². The number of nitrogens with one attached hydrogen (secondary N) is 1. The first-order valence-electron chi connectivity index (χ1n) is 7.59. The van der Waals surface area contributed by atoms with Crippen LogP contribution in [0.5, 0.6) is 0 Å². The quantitative estimate of drug-likeness (QED) is 0.842. The first kappa shape index (κ1) is 16.4. The van der Waals surface area contributed by atoms with Crippen LogP contribution < -0.4 is 5.32 Å². The highest BCUT2D eigenvalue weighted by molar-refractivity contribution is 7.91. The van der Waals surface area contributed by atoms with Gasteiger partial charge in [0.2, 0.25) is 0 Å². The van der Waals surface area contributed by atoms with Gasteiger partial charge in [-0.2, -0.15) is 0 Å². The molecule has 126 valence electrons. The summed E-state index contributed by atoms with van der Waals surface area (Å²) in [6.45, 7) is -0.432. The highest BCUT2D eigenvalue weighted by atomic mass is 32.2. The lowest BCUT2D eigenvalue weighted by Crippen LogP contribution is -2.38. The predicted octanol–water partition coefficient (Wildman–Crippen LogP) is 1.30. The molecule has 3 rings (SSSR count). The molecular weight excluding hydrogens is 330 g/mol. The second kappa shape index (κ2) is 6.60. The summed E-state index contributed by atoms with van der Waals surface area (Å²) in [5.41, 5.74) is 0.393. The normalized spacial score (nSPS) is 19.1. The molecule has 0 aliphatic carbocycles. The summed E-state index contributed by atoms with van der Waals surface area (Å²) in [5, 5.41) is 4.25. The first-order valence-corrected chi connectivity index (χ1v) is 9.41. The molecule has 0 spiro atoms. The Kier molecular flexibility index (Phi) is 4.53. The molecule has 1 N–H and O–H groups in total. The van der Waals surface area contributed by atoms with Crippen LogP contribution in [-0.4, -0.2) is 44.4 Å². The molecule has 0 bridgehead atoms. The van der Waals surface area contributed by atoms with Gasteiger partial charge in [0.15, 0.2) is 16.4 Å². The van der Waals surface area contributed by atoms with Crippen molar-refractivity contribution in [2.75, 3.05) is 18.1 Å². The maximum Gasteiger partial charge on any atom is 0.339 e. The van der Waals surface area contributed by atoms with Gasteiger partial charge in [0.05, 0.1) is 17.1 Å². The van der Waals surface area contributed by atoms with E-state index in [4.69, 9.17) is 4.74 Å². The third-order valence-corrected chi connectivity index (χ3v) is 5.71. The van der Waals surface area contributed by atoms with Crippen LogP contribution in [0.25, 0.3) is 10.8 Å². The van der Waals surface area contributed by atoms with Gasteiger partial charge < -0.3 is 10.1 Å². The Morgan fingerprint density at radius 1 is 1.12 bits per heavy atom. The largest absolute Gasteiger partial charge is 0.452 e. The van der Waals surface area contributed by atoms with E-state index in [9.17, 15) is 18.0 Å². The molecule has 1 saturated heterocycles. The maximum absolute atomic E-state index is 12.2. The number of rotatable bonds is 4. The van der Waals surface area contributed by atoms with E-state index in [0.29, 0.717) is 12.0 Å². The number of carbonyl (C=O) groups is 2. The molecule has 0 aromatic heterocycles. The Morgan fingerprint density at radius 2 is 1.88 bits per heavy atom. The van der Waals surface area contributed by atoms with Gasteiger partial charge in [0, 0.05) is 6.04 Å². The Labute approximate surface area is 139 Å². The lowest BCUT2D eigenvalue weighted by atomic mass is 10.1. The third kappa shape index (κ3) is 3.73. The van der Waals surface area contributed by atoms with Crippen molar-refractivity contribution in [3.63, 3.8) is 0 Å². The van der Waals surface area contributed by atoms with E-state index >= 15 is 0 Å². The molecule has 1 aliphatic heterocycles. The smallest absolute Gasteiger partial charge is 0.339 e. The highest BCUT2D eigenvalue weighted by Gasteiger charge is 2.29. The molecule has 1 heterocycles. The second-order valence-electron chi connectivity index (χ2n) is 5.77. The molecule has 1 amide bonds. The van der Waals surface area contributed by atoms with Crippen molar-refractivity contribution in [2.24, 2.45) is 0 Å². The van der Waals surface area contributed by atoms with Crippen LogP contribution in [0.1, 0.15) is 16.8 Å². The fourth-order valence-corrected chi connectivity index (χ4v) is 4.46. The van der Waals surface area contributed by atoms with E-state index in [1.165, 1.54) is 0 Å². The Morgan fingerprint density at radius 3 is 2.62 bits per heavy atom. The van der Waals surface area contributed by atoms with Crippen LogP contribution in [-0.2, 0) is 19.4 Å². The van der Waals surface area contributed by atoms with E-state index in [0.717, 1.165) is 10.8 Å². The zero-order chi connectivity index (χ0) is 17.2. The van der Waals surface area contributed by atoms with E-state index < -0.39 is 34.4 Å². The number of esters is 1. The molecule has 1 fully saturated rings. The standard InChI is InChI=1S/C17H17NO5S/c19-16(18-13-8-9-24(21,22)11-13)10-23-17(20)15-7-3-5-12-4-1-2-6-14(12)15/h1-7,13H,8-11H2,(H,18,19). The number of hydrogen-bond acceptors (Lipinski definition) is 5. The van der Waals surface area contributed by atoms with E-state index in [1.54, 1.807) is 12.1 Å². The minimum absolute atomic E-state index is 0.0595. The van der Waals surface area contributed by atoms with Crippen molar-refractivity contribution < 1.29 is 22.7 Å². The van der Waals surface area contributed by atoms with E-state index in [-0.39, 0.29) is 11.5 Å². The van der Waals surface area contributed by atoms with Crippen molar-refractivity contribution in [2.45, 2.75) is 12.5 Å². The zero-order valence-corrected chi connectivity index (χ0v) is 13.7. The van der Waals surface area contributed by atoms with Gasteiger partial charge in [-0.15, -0.1) is 0 Å². The summed E-state index contributed by atoms with van der Waals surface area (Å²) in [6.07, 6.45) is 0.394. The lowest BCUT2D eigenvalue weighted by molar-refractivity contribution is -0.124. The highest BCUT2D eigenvalue weighted by Crippen LogP contribution is 2.19. The first-order chi connectivity index (χ1) is 11.4. The van der Waals surface area contributed by atoms with Crippen molar-refractivity contribution in [1.82, 2.24) is 5.32 Å². The molecule has 24 heavy (non-hydrogen) atoms. The molecule has 1 atom stereocenters. The van der Waals surface area contributed by atoms with Crippen LogP contribution in [0, 0.1) is 0 Å². The predicted molar refractivity (Wildman–Crippen MR) is 89.4 cm³/mol. The number of carbonyl (C=O) groups excluding carboxylic acids is 2. The van der Waals surface area contributed by atoms with Crippen LogP contribution in [0.2, 0.25) is 0 Å². The molecule has 7 heteroatoms. The minimum atomic E-state index is -3.06. The molecule has 0 radical (unpaired) electrons. The van der Waals surface area contributed by atoms with Crippen molar-refractivity contribution in [3.8, 4) is 0 Å². The SMILES string of the molecule is O=C(COC(=O)c1cccc2ccccc12)NC1CCS(=O)(=O)C1. The summed E-state index contributed by atoms with van der Waals surface area (Å²) in [4.78, 5) is 24.0. The number of sulfone groups is 1. The molecular formula is C17H17NO5S. The maximum atomic E-state index is 12.2. The molecule has 0 saturated carbocycles. The zero-order valence-electron chi connectivity index (χ0n) is 12.9. The van der Waals surface area contributed by atoms with Crippen molar-refractivity contribution in [1.29, 1.82) is 0 Å². The van der Waals surface area contributed by atoms with Crippen molar-refractivity contribution >= 4 is 32.5 Å². The Bertz CT molecular complexity index is 885. The van der Waals surface area contributed by atoms with Gasteiger partial charge in [-0.1, -0.05) is 36.4 Å². The topological polar surface area (TPSA) is 89.5 Å². The average Bonchev–Trinajstić information content (AvgIpc) is 2.90. The molecule has 6 nitrogen and oxygen atoms in total. The fraction of sp³-hybridized carbons (Fsp3) is 0.294. The van der Waals surface area contributed by atoms with Crippen LogP contribution in [0.4, 0.5) is 0 Å². The van der Waals surface area contributed by atoms with Crippen LogP contribution in [0.3, 0.4) is 0 Å². The summed E-state index contributed by atoms with van der Waals surface area (Å²) in [5.74, 6) is -1.06. The third-order valence-electron chi connectivity index (χ3n) is 3.94. The van der Waals surface area contributed by atoms with Crippen LogP contribution >= 0.6 is 0 Å². The van der Waals surface area contributed by atoms with Gasteiger partial charge >= 0.3 is 5.97 Å². The fourth-order valence-electron chi connectivity index (χ4n) is 2.79. The average molecular weight is 347 g/mol. The molecule has 2 aromatic carbocycles. The summed E-state index contributed by atoms with van der Waals surface area (Å²) >= 11 is 0. The number of hydrogen-bond donors (Lipinski definition) is 1. The van der Waals surface area contributed by atoms with Gasteiger partial charge in [-0.05, 0) is 23.3 Å². The molecule has 1 aliphatic rings.